The Kier molecular flexibility index (Phi) is 5.67. The summed E-state index contributed by atoms with van der Waals surface area (Å²) in [5.74, 6) is 0.848. The summed E-state index contributed by atoms with van der Waals surface area (Å²) in [5.41, 5.74) is 0.343. The van der Waals surface area contributed by atoms with Gasteiger partial charge in [-0.2, -0.15) is 0 Å². The van der Waals surface area contributed by atoms with Crippen LogP contribution in [0.2, 0.25) is 0 Å². The number of hydrogen-bond acceptors (Lipinski definition) is 3. The van der Waals surface area contributed by atoms with Crippen molar-refractivity contribution in [3.05, 3.63) is 0 Å². The van der Waals surface area contributed by atoms with Crippen molar-refractivity contribution in [3.8, 4) is 0 Å². The van der Waals surface area contributed by atoms with Gasteiger partial charge in [0.15, 0.2) is 0 Å². The van der Waals surface area contributed by atoms with Gasteiger partial charge in [-0.1, -0.05) is 13.8 Å². The van der Waals surface area contributed by atoms with E-state index in [1.54, 1.807) is 0 Å². The van der Waals surface area contributed by atoms with E-state index >= 15 is 0 Å². The molecule has 2 aliphatic heterocycles. The summed E-state index contributed by atoms with van der Waals surface area (Å²) in [6.45, 7) is 12.7. The molecule has 0 radical (unpaired) electrons. The van der Waals surface area contributed by atoms with Gasteiger partial charge in [-0.3, -0.25) is 4.90 Å². The molecule has 0 spiro atoms. The number of hydrogen-bond donors (Lipinski definition) is 1. The first-order valence-electron chi connectivity index (χ1n) is 8.26. The molecule has 1 N–H and O–H groups in total. The summed E-state index contributed by atoms with van der Waals surface area (Å²) in [6, 6.07) is 0.718. The number of ether oxygens (including phenoxy) is 1. The molecule has 0 saturated carbocycles. The summed E-state index contributed by atoms with van der Waals surface area (Å²) in [7, 11) is 0. The van der Waals surface area contributed by atoms with Crippen molar-refractivity contribution in [1.82, 2.24) is 10.2 Å². The Morgan fingerprint density at radius 3 is 2.47 bits per heavy atom. The minimum absolute atomic E-state index is 0.343. The lowest BCUT2D eigenvalue weighted by Crippen LogP contribution is -2.52. The van der Waals surface area contributed by atoms with E-state index in [4.69, 9.17) is 4.74 Å². The smallest absolute Gasteiger partial charge is 0.0469 e. The van der Waals surface area contributed by atoms with E-state index in [0.717, 1.165) is 25.2 Å². The molecule has 3 heteroatoms. The van der Waals surface area contributed by atoms with Gasteiger partial charge in [0.25, 0.3) is 0 Å². The third-order valence-corrected chi connectivity index (χ3v) is 5.38. The molecule has 19 heavy (non-hydrogen) atoms. The van der Waals surface area contributed by atoms with Crippen LogP contribution in [-0.2, 0) is 4.74 Å². The fraction of sp³-hybridized carbons (Fsp3) is 1.00. The van der Waals surface area contributed by atoms with E-state index in [1.807, 2.05) is 0 Å². The number of nitrogens with one attached hydrogen (secondary N) is 1. The second-order valence-corrected chi connectivity index (χ2v) is 6.54. The maximum absolute atomic E-state index is 5.49. The van der Waals surface area contributed by atoms with E-state index < -0.39 is 0 Å². The molecule has 0 amide bonds. The van der Waals surface area contributed by atoms with Crippen LogP contribution in [0.25, 0.3) is 0 Å². The zero-order chi connectivity index (χ0) is 13.7. The van der Waals surface area contributed by atoms with Gasteiger partial charge >= 0.3 is 0 Å². The summed E-state index contributed by atoms with van der Waals surface area (Å²) in [4.78, 5) is 2.75. The van der Waals surface area contributed by atoms with Gasteiger partial charge in [0.1, 0.15) is 0 Å². The molecule has 0 aliphatic carbocycles. The third-order valence-electron chi connectivity index (χ3n) is 5.38. The Bertz CT molecular complexity index is 259. The highest BCUT2D eigenvalue weighted by Gasteiger charge is 2.33. The molecule has 1 unspecified atom stereocenters. The normalized spacial score (nSPS) is 30.2. The van der Waals surface area contributed by atoms with Crippen molar-refractivity contribution in [2.75, 3.05) is 32.8 Å². The number of rotatable bonds is 4. The SMILES string of the molecule is CCC1(CC)CN(CC2CCOCC2)C(C)CCN1. The molecule has 2 rings (SSSR count). The predicted octanol–water partition coefficient (Wildman–Crippen LogP) is 2.66. The monoisotopic (exact) mass is 268 g/mol. The van der Waals surface area contributed by atoms with Crippen LogP contribution in [0.15, 0.2) is 0 Å². The lowest BCUT2D eigenvalue weighted by Gasteiger charge is -2.39. The summed E-state index contributed by atoms with van der Waals surface area (Å²) >= 11 is 0. The Hall–Kier alpha value is -0.120. The van der Waals surface area contributed by atoms with Gasteiger partial charge in [-0.15, -0.1) is 0 Å². The quantitative estimate of drug-likeness (QED) is 0.848. The molecule has 0 bridgehead atoms. The van der Waals surface area contributed by atoms with Crippen LogP contribution in [-0.4, -0.2) is 49.3 Å². The fourth-order valence-corrected chi connectivity index (χ4v) is 3.56. The molecule has 0 aromatic rings. The highest BCUT2D eigenvalue weighted by atomic mass is 16.5. The van der Waals surface area contributed by atoms with Crippen LogP contribution < -0.4 is 5.32 Å². The predicted molar refractivity (Wildman–Crippen MR) is 80.5 cm³/mol. The van der Waals surface area contributed by atoms with Gasteiger partial charge in [-0.05, 0) is 51.5 Å². The van der Waals surface area contributed by atoms with Gasteiger partial charge in [0, 0.05) is 37.9 Å². The van der Waals surface area contributed by atoms with E-state index in [0.29, 0.717) is 5.54 Å². The van der Waals surface area contributed by atoms with Crippen molar-refractivity contribution in [1.29, 1.82) is 0 Å². The van der Waals surface area contributed by atoms with E-state index in [-0.39, 0.29) is 0 Å². The van der Waals surface area contributed by atoms with Crippen LogP contribution in [0.1, 0.15) is 52.9 Å². The van der Waals surface area contributed by atoms with Crippen molar-refractivity contribution >= 4 is 0 Å². The topological polar surface area (TPSA) is 24.5 Å². The van der Waals surface area contributed by atoms with E-state index in [1.165, 1.54) is 51.7 Å². The van der Waals surface area contributed by atoms with Crippen LogP contribution >= 0.6 is 0 Å². The Labute approximate surface area is 119 Å². The summed E-state index contributed by atoms with van der Waals surface area (Å²) < 4.78 is 5.49. The van der Waals surface area contributed by atoms with Crippen molar-refractivity contribution in [2.45, 2.75) is 64.5 Å². The first-order valence-corrected chi connectivity index (χ1v) is 8.26. The summed E-state index contributed by atoms with van der Waals surface area (Å²) in [5, 5.41) is 3.83. The average Bonchev–Trinajstić information content (AvgIpc) is 2.61. The van der Waals surface area contributed by atoms with Crippen molar-refractivity contribution < 1.29 is 4.74 Å². The Balaban J connectivity index is 1.98. The third kappa shape index (κ3) is 3.93. The van der Waals surface area contributed by atoms with Crippen LogP contribution in [0.4, 0.5) is 0 Å². The molecule has 1 atom stereocenters. The van der Waals surface area contributed by atoms with E-state index in [2.05, 4.69) is 31.0 Å². The van der Waals surface area contributed by atoms with Gasteiger partial charge in [0.05, 0.1) is 0 Å². The molecular weight excluding hydrogens is 236 g/mol. The second-order valence-electron chi connectivity index (χ2n) is 6.54. The first kappa shape index (κ1) is 15.3. The highest BCUT2D eigenvalue weighted by molar-refractivity contribution is 4.93. The zero-order valence-corrected chi connectivity index (χ0v) is 13.1. The molecule has 2 aliphatic rings. The lowest BCUT2D eigenvalue weighted by molar-refractivity contribution is 0.0421. The minimum atomic E-state index is 0.343. The Morgan fingerprint density at radius 2 is 1.84 bits per heavy atom. The second kappa shape index (κ2) is 7.05. The van der Waals surface area contributed by atoms with Crippen LogP contribution in [0.3, 0.4) is 0 Å². The average molecular weight is 268 g/mol. The van der Waals surface area contributed by atoms with Crippen LogP contribution in [0.5, 0.6) is 0 Å². The molecule has 0 aromatic carbocycles. The molecule has 2 saturated heterocycles. The van der Waals surface area contributed by atoms with Crippen molar-refractivity contribution in [2.24, 2.45) is 5.92 Å². The number of nitrogens with zero attached hydrogens (tertiary/aromatic N) is 1. The maximum atomic E-state index is 5.49. The maximum Gasteiger partial charge on any atom is 0.0469 e. The molecule has 3 nitrogen and oxygen atoms in total. The molecule has 2 fully saturated rings. The molecule has 0 aromatic heterocycles. The van der Waals surface area contributed by atoms with Gasteiger partial charge in [0.2, 0.25) is 0 Å². The lowest BCUT2D eigenvalue weighted by atomic mass is 9.91. The standard InChI is InChI=1S/C16H32N2O/c1-4-16(5-2)13-18(14(3)6-9-17-16)12-15-7-10-19-11-8-15/h14-15,17H,4-13H2,1-3H3. The first-order chi connectivity index (χ1) is 9.19. The summed E-state index contributed by atoms with van der Waals surface area (Å²) in [6.07, 6.45) is 6.26. The fourth-order valence-electron chi connectivity index (χ4n) is 3.56. The highest BCUT2D eigenvalue weighted by Crippen LogP contribution is 2.25. The Morgan fingerprint density at radius 1 is 1.16 bits per heavy atom. The van der Waals surface area contributed by atoms with Crippen molar-refractivity contribution in [3.63, 3.8) is 0 Å². The largest absolute Gasteiger partial charge is 0.381 e. The van der Waals surface area contributed by atoms with Gasteiger partial charge in [-0.25, -0.2) is 0 Å². The molecule has 2 heterocycles. The van der Waals surface area contributed by atoms with Gasteiger partial charge < -0.3 is 10.1 Å². The zero-order valence-electron chi connectivity index (χ0n) is 13.1. The molecular formula is C16H32N2O. The van der Waals surface area contributed by atoms with E-state index in [9.17, 15) is 0 Å². The van der Waals surface area contributed by atoms with Crippen LogP contribution in [0, 0.1) is 5.92 Å². The molecule has 112 valence electrons. The minimum Gasteiger partial charge on any atom is -0.381 e.